The molecule has 0 radical (unpaired) electrons. The molecular formula is C21H24N4O. The summed E-state index contributed by atoms with van der Waals surface area (Å²) in [5.74, 6) is -0.440. The highest BCUT2D eigenvalue weighted by Gasteiger charge is 2.18. The molecule has 0 atom stereocenters. The number of amides is 1. The van der Waals surface area contributed by atoms with E-state index in [1.807, 2.05) is 12.1 Å². The predicted octanol–water partition coefficient (Wildman–Crippen LogP) is 3.20. The summed E-state index contributed by atoms with van der Waals surface area (Å²) in [6, 6.07) is 8.24. The minimum atomic E-state index is -0.440. The summed E-state index contributed by atoms with van der Waals surface area (Å²) in [7, 11) is 0. The number of nitrogens with zero attached hydrogens (tertiary/aromatic N) is 2. The van der Waals surface area contributed by atoms with Gasteiger partial charge >= 0.3 is 0 Å². The van der Waals surface area contributed by atoms with Crippen molar-refractivity contribution in [1.29, 1.82) is 0 Å². The van der Waals surface area contributed by atoms with Gasteiger partial charge in [0.05, 0.1) is 17.0 Å². The van der Waals surface area contributed by atoms with Crippen LogP contribution in [0.5, 0.6) is 0 Å². The van der Waals surface area contributed by atoms with Crippen LogP contribution in [0.3, 0.4) is 0 Å². The maximum absolute atomic E-state index is 12.0. The fourth-order valence-electron chi connectivity index (χ4n) is 3.37. The molecule has 0 spiro atoms. The third-order valence-electron chi connectivity index (χ3n) is 4.82. The number of primary amides is 1. The van der Waals surface area contributed by atoms with Gasteiger partial charge in [-0.15, -0.1) is 0 Å². The lowest BCUT2D eigenvalue weighted by Crippen LogP contribution is -2.15. The van der Waals surface area contributed by atoms with Crippen molar-refractivity contribution in [2.24, 2.45) is 5.73 Å². The zero-order valence-electron chi connectivity index (χ0n) is 15.5. The topological polar surface area (TPSA) is 84.7 Å². The Labute approximate surface area is 153 Å². The Morgan fingerprint density at radius 2 is 2.00 bits per heavy atom. The lowest BCUT2D eigenvalue weighted by molar-refractivity contribution is 0.0998. The molecule has 3 N–H and O–H groups in total. The maximum Gasteiger partial charge on any atom is 0.252 e. The molecule has 0 aliphatic heterocycles. The molecule has 3 rings (SSSR count). The molecular weight excluding hydrogens is 324 g/mol. The van der Waals surface area contributed by atoms with Crippen molar-refractivity contribution >= 4 is 5.91 Å². The third-order valence-corrected chi connectivity index (χ3v) is 4.82. The van der Waals surface area contributed by atoms with E-state index in [0.29, 0.717) is 18.4 Å². The van der Waals surface area contributed by atoms with Crippen LogP contribution in [0.15, 0.2) is 36.7 Å². The molecule has 0 fully saturated rings. The van der Waals surface area contributed by atoms with E-state index in [1.165, 1.54) is 22.3 Å². The Bertz CT molecular complexity index is 929. The number of nitrogens with two attached hydrogens (primary N) is 1. The van der Waals surface area contributed by atoms with Crippen LogP contribution < -0.4 is 5.73 Å². The molecule has 0 unspecified atom stereocenters. The van der Waals surface area contributed by atoms with Crippen molar-refractivity contribution in [3.63, 3.8) is 0 Å². The van der Waals surface area contributed by atoms with Crippen LogP contribution in [0.1, 0.15) is 49.6 Å². The van der Waals surface area contributed by atoms with Crippen LogP contribution in [0.25, 0.3) is 0 Å². The summed E-state index contributed by atoms with van der Waals surface area (Å²) in [6.45, 7) is 6.37. The van der Waals surface area contributed by atoms with Crippen LogP contribution in [0.2, 0.25) is 0 Å². The van der Waals surface area contributed by atoms with E-state index in [-0.39, 0.29) is 0 Å². The molecule has 3 aromatic rings. The molecule has 0 saturated heterocycles. The molecule has 5 heteroatoms. The number of aryl methyl sites for hydroxylation is 4. The number of pyridine rings is 1. The number of H-pyrrole nitrogens is 1. The van der Waals surface area contributed by atoms with Gasteiger partial charge in [0.1, 0.15) is 0 Å². The average Bonchev–Trinajstić information content (AvgIpc) is 3.00. The van der Waals surface area contributed by atoms with Gasteiger partial charge in [-0.05, 0) is 61.9 Å². The molecule has 5 nitrogen and oxygen atoms in total. The van der Waals surface area contributed by atoms with Crippen molar-refractivity contribution < 1.29 is 4.79 Å². The van der Waals surface area contributed by atoms with Crippen molar-refractivity contribution in [1.82, 2.24) is 15.2 Å². The Morgan fingerprint density at radius 1 is 1.19 bits per heavy atom. The summed E-state index contributed by atoms with van der Waals surface area (Å²) in [6.07, 6.45) is 5.56. The lowest BCUT2D eigenvalue weighted by atomic mass is 9.95. The fraction of sp³-hybridized carbons (Fsp3) is 0.286. The van der Waals surface area contributed by atoms with Gasteiger partial charge in [-0.2, -0.15) is 5.10 Å². The Hall–Kier alpha value is -2.95. The van der Waals surface area contributed by atoms with Crippen LogP contribution in [0.4, 0.5) is 0 Å². The third kappa shape index (κ3) is 3.82. The molecule has 134 valence electrons. The monoisotopic (exact) mass is 348 g/mol. The van der Waals surface area contributed by atoms with E-state index in [4.69, 9.17) is 5.73 Å². The van der Waals surface area contributed by atoms with Crippen molar-refractivity contribution in [3.05, 3.63) is 81.4 Å². The second-order valence-corrected chi connectivity index (χ2v) is 6.79. The van der Waals surface area contributed by atoms with Gasteiger partial charge in [0.2, 0.25) is 0 Å². The van der Waals surface area contributed by atoms with E-state index in [2.05, 4.69) is 48.1 Å². The number of hydrogen-bond donors (Lipinski definition) is 2. The van der Waals surface area contributed by atoms with Gasteiger partial charge in [0, 0.05) is 18.8 Å². The summed E-state index contributed by atoms with van der Waals surface area (Å²) < 4.78 is 0. The quantitative estimate of drug-likeness (QED) is 0.717. The minimum Gasteiger partial charge on any atom is -0.365 e. The first-order valence-electron chi connectivity index (χ1n) is 8.77. The number of carbonyl (C=O) groups excluding carboxylic acids is 1. The summed E-state index contributed by atoms with van der Waals surface area (Å²) in [5, 5.41) is 7.38. The SMILES string of the molecule is Cc1cc(C)c(C)c(CCc2n[nH]c(Cc3cccnc3)c2C(N)=O)c1. The van der Waals surface area contributed by atoms with E-state index in [0.717, 1.165) is 23.4 Å². The van der Waals surface area contributed by atoms with Gasteiger partial charge in [0.25, 0.3) is 5.91 Å². The Kier molecular flexibility index (Phi) is 5.16. The molecule has 2 heterocycles. The highest BCUT2D eigenvalue weighted by Crippen LogP contribution is 2.20. The van der Waals surface area contributed by atoms with Crippen LogP contribution >= 0.6 is 0 Å². The number of carbonyl (C=O) groups is 1. The second kappa shape index (κ2) is 7.52. The number of nitrogens with one attached hydrogen (secondary N) is 1. The van der Waals surface area contributed by atoms with Gasteiger partial charge in [-0.1, -0.05) is 23.8 Å². The lowest BCUT2D eigenvalue weighted by Gasteiger charge is -2.10. The highest BCUT2D eigenvalue weighted by molar-refractivity contribution is 5.95. The predicted molar refractivity (Wildman–Crippen MR) is 102 cm³/mol. The Morgan fingerprint density at radius 3 is 2.69 bits per heavy atom. The summed E-state index contributed by atoms with van der Waals surface area (Å²) >= 11 is 0. The van der Waals surface area contributed by atoms with Gasteiger partial charge in [-0.25, -0.2) is 0 Å². The standard InChI is InChI=1S/C21H24N4O/c1-13-9-14(2)15(3)17(10-13)6-7-18-20(21(22)26)19(25-24-18)11-16-5-4-8-23-12-16/h4-5,8-10,12H,6-7,11H2,1-3H3,(H2,22,26)(H,24,25). The zero-order valence-corrected chi connectivity index (χ0v) is 15.5. The maximum atomic E-state index is 12.0. The largest absolute Gasteiger partial charge is 0.365 e. The van der Waals surface area contributed by atoms with Crippen LogP contribution in [-0.4, -0.2) is 21.1 Å². The normalized spacial score (nSPS) is 10.9. The van der Waals surface area contributed by atoms with Crippen molar-refractivity contribution in [2.45, 2.75) is 40.0 Å². The first-order chi connectivity index (χ1) is 12.5. The Balaban J connectivity index is 1.84. The number of hydrogen-bond acceptors (Lipinski definition) is 3. The zero-order chi connectivity index (χ0) is 18.7. The molecule has 1 aromatic carbocycles. The number of benzene rings is 1. The number of aromatic amines is 1. The molecule has 0 aliphatic rings. The van der Waals surface area contributed by atoms with Crippen LogP contribution in [-0.2, 0) is 19.3 Å². The molecule has 0 aliphatic carbocycles. The summed E-state index contributed by atoms with van der Waals surface area (Å²) in [4.78, 5) is 16.1. The minimum absolute atomic E-state index is 0.440. The molecule has 0 saturated carbocycles. The van der Waals surface area contributed by atoms with E-state index in [9.17, 15) is 4.79 Å². The highest BCUT2D eigenvalue weighted by atomic mass is 16.1. The number of rotatable bonds is 6. The van der Waals surface area contributed by atoms with E-state index in [1.54, 1.807) is 12.4 Å². The second-order valence-electron chi connectivity index (χ2n) is 6.79. The first kappa shape index (κ1) is 17.9. The molecule has 1 amide bonds. The average molecular weight is 348 g/mol. The van der Waals surface area contributed by atoms with Gasteiger partial charge in [0.15, 0.2) is 0 Å². The first-order valence-corrected chi connectivity index (χ1v) is 8.77. The van der Waals surface area contributed by atoms with Gasteiger partial charge < -0.3 is 5.73 Å². The smallest absolute Gasteiger partial charge is 0.252 e. The molecule has 2 aromatic heterocycles. The van der Waals surface area contributed by atoms with Gasteiger partial charge in [-0.3, -0.25) is 14.9 Å². The number of aromatic nitrogens is 3. The van der Waals surface area contributed by atoms with Crippen LogP contribution in [0, 0.1) is 20.8 Å². The fourth-order valence-corrected chi connectivity index (χ4v) is 3.37. The molecule has 0 bridgehead atoms. The molecule has 26 heavy (non-hydrogen) atoms. The van der Waals surface area contributed by atoms with Crippen molar-refractivity contribution in [2.75, 3.05) is 0 Å². The van der Waals surface area contributed by atoms with Crippen molar-refractivity contribution in [3.8, 4) is 0 Å². The van der Waals surface area contributed by atoms with E-state index < -0.39 is 5.91 Å². The van der Waals surface area contributed by atoms with E-state index >= 15 is 0 Å². The summed E-state index contributed by atoms with van der Waals surface area (Å²) in [5.41, 5.74) is 13.8.